The highest BCUT2D eigenvalue weighted by atomic mass is 79.9. The number of rotatable bonds is 0. The van der Waals surface area contributed by atoms with Crippen molar-refractivity contribution in [1.82, 2.24) is 4.98 Å². The van der Waals surface area contributed by atoms with Gasteiger partial charge in [0.15, 0.2) is 5.82 Å². The van der Waals surface area contributed by atoms with Gasteiger partial charge in [-0.1, -0.05) is 20.8 Å². The van der Waals surface area contributed by atoms with E-state index in [1.807, 2.05) is 20.8 Å². The smallest absolute Gasteiger partial charge is 0.159 e. The molecule has 1 heterocycles. The lowest BCUT2D eigenvalue weighted by Crippen LogP contribution is -2.14. The van der Waals surface area contributed by atoms with E-state index in [0.717, 1.165) is 0 Å². The van der Waals surface area contributed by atoms with Gasteiger partial charge in [0, 0.05) is 6.20 Å². The third-order valence-corrected chi connectivity index (χ3v) is 2.21. The minimum atomic E-state index is -0.259. The molecule has 1 aromatic heterocycles. The molecule has 0 aliphatic heterocycles. The van der Waals surface area contributed by atoms with Crippen LogP contribution < -0.4 is 0 Å². The van der Waals surface area contributed by atoms with E-state index in [1.165, 1.54) is 0 Å². The lowest BCUT2D eigenvalue weighted by Gasteiger charge is -2.19. The van der Waals surface area contributed by atoms with Crippen LogP contribution in [0.4, 0.5) is 4.39 Å². The molecular weight excluding hydrogens is 221 g/mol. The van der Waals surface area contributed by atoms with Crippen LogP contribution in [-0.2, 0) is 5.41 Å². The Labute approximate surface area is 80.1 Å². The Kier molecular flexibility index (Phi) is 2.52. The fourth-order valence-corrected chi connectivity index (χ4v) is 1.33. The molecule has 1 nitrogen and oxygen atoms in total. The van der Waals surface area contributed by atoms with E-state index in [9.17, 15) is 4.39 Å². The van der Waals surface area contributed by atoms with Gasteiger partial charge >= 0.3 is 0 Å². The van der Waals surface area contributed by atoms with Crippen molar-refractivity contribution in [3.05, 3.63) is 28.2 Å². The molecule has 0 amide bonds. The number of aromatic nitrogens is 1. The molecule has 0 bridgehead atoms. The Bertz CT molecular complexity index is 291. The van der Waals surface area contributed by atoms with Crippen molar-refractivity contribution in [1.29, 1.82) is 0 Å². The van der Waals surface area contributed by atoms with Crippen molar-refractivity contribution >= 4 is 15.9 Å². The maximum Gasteiger partial charge on any atom is 0.159 e. The van der Waals surface area contributed by atoms with E-state index < -0.39 is 0 Å². The standard InChI is InChI=1S/C9H11BrFN/c1-9(2,3)6-4-5-12-8(10)7(6)11/h4-5H,1-3H3. The number of halogens is 2. The van der Waals surface area contributed by atoms with E-state index in [-0.39, 0.29) is 15.8 Å². The summed E-state index contributed by atoms with van der Waals surface area (Å²) in [6.45, 7) is 5.91. The quantitative estimate of drug-likeness (QED) is 0.625. The summed E-state index contributed by atoms with van der Waals surface area (Å²) in [6, 6.07) is 1.71. The third kappa shape index (κ3) is 1.83. The molecule has 0 saturated heterocycles. The van der Waals surface area contributed by atoms with Crippen LogP contribution in [-0.4, -0.2) is 4.98 Å². The number of nitrogens with zero attached hydrogens (tertiary/aromatic N) is 1. The maximum absolute atomic E-state index is 13.4. The van der Waals surface area contributed by atoms with Gasteiger partial charge in [-0.25, -0.2) is 9.37 Å². The Balaban J connectivity index is 3.26. The van der Waals surface area contributed by atoms with E-state index in [2.05, 4.69) is 20.9 Å². The summed E-state index contributed by atoms with van der Waals surface area (Å²) >= 11 is 3.05. The topological polar surface area (TPSA) is 12.9 Å². The second-order valence-electron chi connectivity index (χ2n) is 3.71. The van der Waals surface area contributed by atoms with E-state index in [0.29, 0.717) is 5.56 Å². The van der Waals surface area contributed by atoms with Gasteiger partial charge in [0.25, 0.3) is 0 Å². The summed E-state index contributed by atoms with van der Waals surface area (Å²) in [7, 11) is 0. The van der Waals surface area contributed by atoms with Crippen LogP contribution in [0.1, 0.15) is 26.3 Å². The average Bonchev–Trinajstić information content (AvgIpc) is 1.92. The SMILES string of the molecule is CC(C)(C)c1ccnc(Br)c1F. The third-order valence-electron chi connectivity index (χ3n) is 1.65. The highest BCUT2D eigenvalue weighted by Crippen LogP contribution is 2.27. The zero-order valence-corrected chi connectivity index (χ0v) is 8.94. The largest absolute Gasteiger partial charge is 0.246 e. The van der Waals surface area contributed by atoms with Crippen LogP contribution in [0, 0.1) is 5.82 Å². The summed E-state index contributed by atoms with van der Waals surface area (Å²) in [6.07, 6.45) is 1.60. The van der Waals surface area contributed by atoms with Crippen LogP contribution >= 0.6 is 15.9 Å². The summed E-state index contributed by atoms with van der Waals surface area (Å²) in [4.78, 5) is 3.79. The van der Waals surface area contributed by atoms with Gasteiger partial charge in [0.2, 0.25) is 0 Å². The molecule has 1 aromatic rings. The molecular formula is C9H11BrFN. The summed E-state index contributed by atoms with van der Waals surface area (Å²) in [5, 5.41) is 0. The van der Waals surface area contributed by atoms with Crippen LogP contribution in [0.15, 0.2) is 16.9 Å². The average molecular weight is 232 g/mol. The van der Waals surface area contributed by atoms with Gasteiger partial charge in [-0.2, -0.15) is 0 Å². The molecule has 0 unspecified atom stereocenters. The van der Waals surface area contributed by atoms with Crippen LogP contribution in [0.25, 0.3) is 0 Å². The minimum Gasteiger partial charge on any atom is -0.246 e. The molecule has 0 N–H and O–H groups in total. The highest BCUT2D eigenvalue weighted by Gasteiger charge is 2.19. The molecule has 0 fully saturated rings. The summed E-state index contributed by atoms with van der Waals surface area (Å²) < 4.78 is 13.7. The number of hydrogen-bond donors (Lipinski definition) is 0. The van der Waals surface area contributed by atoms with E-state index in [4.69, 9.17) is 0 Å². The van der Waals surface area contributed by atoms with Crippen molar-refractivity contribution in [2.75, 3.05) is 0 Å². The fraction of sp³-hybridized carbons (Fsp3) is 0.444. The van der Waals surface area contributed by atoms with Gasteiger partial charge in [-0.3, -0.25) is 0 Å². The normalized spacial score (nSPS) is 11.8. The van der Waals surface area contributed by atoms with Crippen molar-refractivity contribution in [3.63, 3.8) is 0 Å². The second kappa shape index (κ2) is 3.13. The highest BCUT2D eigenvalue weighted by molar-refractivity contribution is 9.10. The second-order valence-corrected chi connectivity index (χ2v) is 4.46. The summed E-state index contributed by atoms with van der Waals surface area (Å²) in [5.74, 6) is -0.259. The molecule has 0 atom stereocenters. The van der Waals surface area contributed by atoms with E-state index >= 15 is 0 Å². The number of pyridine rings is 1. The first-order valence-corrected chi connectivity index (χ1v) is 4.52. The van der Waals surface area contributed by atoms with Crippen molar-refractivity contribution in [3.8, 4) is 0 Å². The van der Waals surface area contributed by atoms with Crippen molar-refractivity contribution < 1.29 is 4.39 Å². The predicted octanol–water partition coefficient (Wildman–Crippen LogP) is 3.28. The van der Waals surface area contributed by atoms with Crippen LogP contribution in [0.3, 0.4) is 0 Å². The monoisotopic (exact) mass is 231 g/mol. The molecule has 0 radical (unpaired) electrons. The first-order chi connectivity index (χ1) is 5.43. The fourth-order valence-electron chi connectivity index (χ4n) is 0.997. The lowest BCUT2D eigenvalue weighted by molar-refractivity contribution is 0.515. The molecule has 0 saturated carbocycles. The Morgan fingerprint density at radius 3 is 2.42 bits per heavy atom. The molecule has 0 spiro atoms. The van der Waals surface area contributed by atoms with Gasteiger partial charge in [-0.15, -0.1) is 0 Å². The van der Waals surface area contributed by atoms with Crippen molar-refractivity contribution in [2.24, 2.45) is 0 Å². The maximum atomic E-state index is 13.4. The van der Waals surface area contributed by atoms with Gasteiger partial charge in [0.1, 0.15) is 4.60 Å². The zero-order chi connectivity index (χ0) is 9.35. The molecule has 0 aliphatic rings. The molecule has 1 rings (SSSR count). The van der Waals surface area contributed by atoms with Crippen LogP contribution in [0.5, 0.6) is 0 Å². The Hall–Kier alpha value is -0.440. The first-order valence-electron chi connectivity index (χ1n) is 3.73. The number of hydrogen-bond acceptors (Lipinski definition) is 1. The van der Waals surface area contributed by atoms with Gasteiger partial charge in [0.05, 0.1) is 0 Å². The van der Waals surface area contributed by atoms with Crippen LogP contribution in [0.2, 0.25) is 0 Å². The van der Waals surface area contributed by atoms with E-state index in [1.54, 1.807) is 12.3 Å². The Morgan fingerprint density at radius 2 is 2.00 bits per heavy atom. The minimum absolute atomic E-state index is 0.171. The first kappa shape index (κ1) is 9.65. The summed E-state index contributed by atoms with van der Waals surface area (Å²) in [5.41, 5.74) is 0.514. The lowest BCUT2D eigenvalue weighted by atomic mass is 9.87. The molecule has 3 heteroatoms. The molecule has 0 aliphatic carbocycles. The van der Waals surface area contributed by atoms with Gasteiger partial charge < -0.3 is 0 Å². The molecule has 0 aromatic carbocycles. The predicted molar refractivity (Wildman–Crippen MR) is 50.6 cm³/mol. The molecule has 12 heavy (non-hydrogen) atoms. The molecule has 66 valence electrons. The Morgan fingerprint density at radius 1 is 1.42 bits per heavy atom. The zero-order valence-electron chi connectivity index (χ0n) is 7.36. The van der Waals surface area contributed by atoms with Gasteiger partial charge in [-0.05, 0) is 33.0 Å². The van der Waals surface area contributed by atoms with Crippen molar-refractivity contribution in [2.45, 2.75) is 26.2 Å².